The van der Waals surface area contributed by atoms with Crippen molar-refractivity contribution >= 4 is 0 Å². The molecular weight excluding hydrogens is 189 g/mol. The average Bonchev–Trinajstić information content (AvgIpc) is 2.30. The second-order valence-electron chi connectivity index (χ2n) is 4.31. The number of piperidine rings is 1. The Morgan fingerprint density at radius 3 is 2.67 bits per heavy atom. The van der Waals surface area contributed by atoms with E-state index < -0.39 is 0 Å². The Labute approximate surface area is 90.7 Å². The van der Waals surface area contributed by atoms with Crippen LogP contribution in [0.1, 0.15) is 31.2 Å². The summed E-state index contributed by atoms with van der Waals surface area (Å²) in [5, 5.41) is 3.53. The van der Waals surface area contributed by atoms with Gasteiger partial charge in [-0.05, 0) is 49.9 Å². The SMILES string of the molecule is Fc1ccc(CC[C@H]2CCCCN2)cc1. The second kappa shape index (κ2) is 5.26. The quantitative estimate of drug-likeness (QED) is 0.803. The van der Waals surface area contributed by atoms with Crippen molar-refractivity contribution in [2.24, 2.45) is 0 Å². The van der Waals surface area contributed by atoms with E-state index in [4.69, 9.17) is 0 Å². The fraction of sp³-hybridized carbons (Fsp3) is 0.538. The first-order valence-electron chi connectivity index (χ1n) is 5.82. The molecule has 1 atom stereocenters. The van der Waals surface area contributed by atoms with Gasteiger partial charge in [0.05, 0.1) is 0 Å². The lowest BCUT2D eigenvalue weighted by Crippen LogP contribution is -2.34. The van der Waals surface area contributed by atoms with Gasteiger partial charge in [0.25, 0.3) is 0 Å². The summed E-state index contributed by atoms with van der Waals surface area (Å²) in [5.74, 6) is -0.144. The lowest BCUT2D eigenvalue weighted by atomic mass is 9.98. The lowest BCUT2D eigenvalue weighted by Gasteiger charge is -2.23. The normalized spacial score (nSPS) is 21.5. The van der Waals surface area contributed by atoms with Gasteiger partial charge < -0.3 is 5.32 Å². The molecular formula is C13H18FN. The van der Waals surface area contributed by atoms with Crippen molar-refractivity contribution < 1.29 is 4.39 Å². The van der Waals surface area contributed by atoms with Gasteiger partial charge >= 0.3 is 0 Å². The molecule has 1 N–H and O–H groups in total. The number of rotatable bonds is 3. The van der Waals surface area contributed by atoms with Gasteiger partial charge in [0.15, 0.2) is 0 Å². The highest BCUT2D eigenvalue weighted by atomic mass is 19.1. The monoisotopic (exact) mass is 207 g/mol. The van der Waals surface area contributed by atoms with Crippen LogP contribution in [0.2, 0.25) is 0 Å². The predicted molar refractivity (Wildman–Crippen MR) is 60.4 cm³/mol. The smallest absolute Gasteiger partial charge is 0.123 e. The Kier molecular flexibility index (Phi) is 3.73. The van der Waals surface area contributed by atoms with Crippen LogP contribution in [-0.4, -0.2) is 12.6 Å². The molecule has 0 radical (unpaired) electrons. The maximum Gasteiger partial charge on any atom is 0.123 e. The van der Waals surface area contributed by atoms with E-state index in [9.17, 15) is 4.39 Å². The number of halogens is 1. The Balaban J connectivity index is 1.79. The van der Waals surface area contributed by atoms with Gasteiger partial charge in [-0.25, -0.2) is 4.39 Å². The number of benzene rings is 1. The van der Waals surface area contributed by atoms with Crippen molar-refractivity contribution in [2.45, 2.75) is 38.1 Å². The molecule has 0 saturated carbocycles. The Morgan fingerprint density at radius 2 is 2.00 bits per heavy atom. The van der Waals surface area contributed by atoms with E-state index >= 15 is 0 Å². The van der Waals surface area contributed by atoms with Gasteiger partial charge in [-0.15, -0.1) is 0 Å². The van der Waals surface area contributed by atoms with E-state index in [1.807, 2.05) is 12.1 Å². The van der Waals surface area contributed by atoms with Crippen LogP contribution in [0.4, 0.5) is 4.39 Å². The minimum absolute atomic E-state index is 0.144. The van der Waals surface area contributed by atoms with E-state index in [1.165, 1.54) is 31.2 Å². The first-order valence-corrected chi connectivity index (χ1v) is 5.82. The minimum Gasteiger partial charge on any atom is -0.314 e. The zero-order valence-electron chi connectivity index (χ0n) is 9.01. The molecule has 1 fully saturated rings. The third-order valence-electron chi connectivity index (χ3n) is 3.11. The molecule has 2 heteroatoms. The van der Waals surface area contributed by atoms with Crippen LogP contribution < -0.4 is 5.32 Å². The summed E-state index contributed by atoms with van der Waals surface area (Å²) in [7, 11) is 0. The molecule has 0 bridgehead atoms. The molecule has 82 valence electrons. The van der Waals surface area contributed by atoms with Crippen LogP contribution >= 0.6 is 0 Å². The Morgan fingerprint density at radius 1 is 1.20 bits per heavy atom. The standard InChI is InChI=1S/C13H18FN/c14-12-7-4-11(5-8-12)6-9-13-3-1-2-10-15-13/h4-5,7-8,13,15H,1-3,6,9-10H2/t13-/m1/s1. The molecule has 2 rings (SSSR count). The minimum atomic E-state index is -0.144. The summed E-state index contributed by atoms with van der Waals surface area (Å²) in [6.07, 6.45) is 6.18. The third kappa shape index (κ3) is 3.31. The van der Waals surface area contributed by atoms with Crippen molar-refractivity contribution in [3.8, 4) is 0 Å². The first-order chi connectivity index (χ1) is 7.34. The number of hydrogen-bond donors (Lipinski definition) is 1. The van der Waals surface area contributed by atoms with Crippen molar-refractivity contribution in [1.82, 2.24) is 5.32 Å². The molecule has 1 aliphatic heterocycles. The van der Waals surface area contributed by atoms with Crippen molar-refractivity contribution in [1.29, 1.82) is 0 Å². The summed E-state index contributed by atoms with van der Waals surface area (Å²) in [5.41, 5.74) is 1.24. The first kappa shape index (κ1) is 10.6. The van der Waals surface area contributed by atoms with Gasteiger partial charge in [-0.1, -0.05) is 18.6 Å². The number of nitrogens with one attached hydrogen (secondary N) is 1. The maximum atomic E-state index is 12.7. The molecule has 0 amide bonds. The van der Waals surface area contributed by atoms with Crippen molar-refractivity contribution in [3.05, 3.63) is 35.6 Å². The predicted octanol–water partition coefficient (Wildman–Crippen LogP) is 2.90. The second-order valence-corrected chi connectivity index (χ2v) is 4.31. The molecule has 1 aromatic carbocycles. The van der Waals surface area contributed by atoms with E-state index in [0.717, 1.165) is 13.0 Å². The number of aryl methyl sites for hydroxylation is 1. The molecule has 0 aromatic heterocycles. The van der Waals surface area contributed by atoms with Crippen LogP contribution in [-0.2, 0) is 6.42 Å². The van der Waals surface area contributed by atoms with Crippen molar-refractivity contribution in [3.63, 3.8) is 0 Å². The van der Waals surface area contributed by atoms with Crippen LogP contribution in [0.5, 0.6) is 0 Å². The highest BCUT2D eigenvalue weighted by Gasteiger charge is 2.11. The topological polar surface area (TPSA) is 12.0 Å². The van der Waals surface area contributed by atoms with Gasteiger partial charge in [0.1, 0.15) is 5.82 Å². The maximum absolute atomic E-state index is 12.7. The fourth-order valence-electron chi connectivity index (χ4n) is 2.16. The molecule has 1 aliphatic rings. The highest BCUT2D eigenvalue weighted by Crippen LogP contribution is 2.13. The van der Waals surface area contributed by atoms with Gasteiger partial charge in [0.2, 0.25) is 0 Å². The summed E-state index contributed by atoms with van der Waals surface area (Å²) >= 11 is 0. The molecule has 0 unspecified atom stereocenters. The molecule has 15 heavy (non-hydrogen) atoms. The molecule has 1 nitrogen and oxygen atoms in total. The summed E-state index contributed by atoms with van der Waals surface area (Å²) in [4.78, 5) is 0. The van der Waals surface area contributed by atoms with Gasteiger partial charge in [-0.2, -0.15) is 0 Å². The summed E-state index contributed by atoms with van der Waals surface area (Å²) in [6.45, 7) is 1.16. The highest BCUT2D eigenvalue weighted by molar-refractivity contribution is 5.16. The molecule has 0 aliphatic carbocycles. The van der Waals surface area contributed by atoms with Crippen LogP contribution in [0, 0.1) is 5.82 Å². The zero-order valence-corrected chi connectivity index (χ0v) is 9.01. The Bertz CT molecular complexity index is 288. The zero-order chi connectivity index (χ0) is 10.5. The largest absolute Gasteiger partial charge is 0.314 e. The summed E-state index contributed by atoms with van der Waals surface area (Å²) < 4.78 is 12.7. The Hall–Kier alpha value is -0.890. The van der Waals surface area contributed by atoms with Crippen LogP contribution in [0.3, 0.4) is 0 Å². The lowest BCUT2D eigenvalue weighted by molar-refractivity contribution is 0.383. The molecule has 1 aromatic rings. The number of hydrogen-bond acceptors (Lipinski definition) is 1. The van der Waals surface area contributed by atoms with Gasteiger partial charge in [-0.3, -0.25) is 0 Å². The molecule has 1 heterocycles. The third-order valence-corrected chi connectivity index (χ3v) is 3.11. The van der Waals surface area contributed by atoms with E-state index in [2.05, 4.69) is 5.32 Å². The van der Waals surface area contributed by atoms with Gasteiger partial charge in [0, 0.05) is 6.04 Å². The average molecular weight is 207 g/mol. The molecule has 0 spiro atoms. The molecule has 1 saturated heterocycles. The van der Waals surface area contributed by atoms with Crippen LogP contribution in [0.15, 0.2) is 24.3 Å². The van der Waals surface area contributed by atoms with Crippen LogP contribution in [0.25, 0.3) is 0 Å². The van der Waals surface area contributed by atoms with E-state index in [-0.39, 0.29) is 5.82 Å². The van der Waals surface area contributed by atoms with E-state index in [0.29, 0.717) is 6.04 Å². The van der Waals surface area contributed by atoms with Crippen molar-refractivity contribution in [2.75, 3.05) is 6.54 Å². The van der Waals surface area contributed by atoms with E-state index in [1.54, 1.807) is 12.1 Å². The summed E-state index contributed by atoms with van der Waals surface area (Å²) in [6, 6.07) is 7.53. The fourth-order valence-corrected chi connectivity index (χ4v) is 2.16.